The number of halogens is 3. The lowest BCUT2D eigenvalue weighted by Gasteiger charge is -2.32. The summed E-state index contributed by atoms with van der Waals surface area (Å²) in [6, 6.07) is 12.9. The molecule has 2 aromatic rings. The molecule has 1 aliphatic rings. The highest BCUT2D eigenvalue weighted by atomic mass is 19.4. The lowest BCUT2D eigenvalue weighted by molar-refractivity contribution is -0.137. The number of benzene rings is 2. The molecule has 1 saturated carbocycles. The summed E-state index contributed by atoms with van der Waals surface area (Å²) >= 11 is 0. The Balaban J connectivity index is 1.78. The zero-order valence-electron chi connectivity index (χ0n) is 18.9. The van der Waals surface area contributed by atoms with Gasteiger partial charge in [0.2, 0.25) is 11.8 Å². The summed E-state index contributed by atoms with van der Waals surface area (Å²) in [5.74, 6) is -0.816. The highest BCUT2D eigenvalue weighted by Crippen LogP contribution is 2.34. The van der Waals surface area contributed by atoms with Crippen LogP contribution in [0.15, 0.2) is 54.6 Å². The summed E-state index contributed by atoms with van der Waals surface area (Å²) in [7, 11) is 1.79. The quantitative estimate of drug-likeness (QED) is 0.541. The van der Waals surface area contributed by atoms with Gasteiger partial charge in [-0.2, -0.15) is 13.2 Å². The Morgan fingerprint density at radius 1 is 1.15 bits per heavy atom. The van der Waals surface area contributed by atoms with Crippen molar-refractivity contribution in [3.05, 3.63) is 65.7 Å². The maximum atomic E-state index is 13.1. The van der Waals surface area contributed by atoms with Gasteiger partial charge in [0.05, 0.1) is 24.2 Å². The highest BCUT2D eigenvalue weighted by molar-refractivity contribution is 5.83. The van der Waals surface area contributed by atoms with Gasteiger partial charge in [-0.15, -0.1) is 0 Å². The average Bonchev–Trinajstić information content (AvgIpc) is 3.07. The second-order valence-electron chi connectivity index (χ2n) is 8.38. The van der Waals surface area contributed by atoms with Gasteiger partial charge < -0.3 is 20.5 Å². The molecule has 10 heteroatoms. The Morgan fingerprint density at radius 2 is 1.85 bits per heavy atom. The van der Waals surface area contributed by atoms with Gasteiger partial charge in [-0.25, -0.2) is 0 Å². The minimum Gasteiger partial charge on any atom is -0.488 e. The van der Waals surface area contributed by atoms with Gasteiger partial charge in [0.1, 0.15) is 18.0 Å². The number of carbonyl (C=O) groups is 2. The number of amides is 2. The molecule has 7 nitrogen and oxygen atoms in total. The van der Waals surface area contributed by atoms with Crippen molar-refractivity contribution in [3.8, 4) is 5.75 Å². The summed E-state index contributed by atoms with van der Waals surface area (Å²) in [4.78, 5) is 25.4. The SMILES string of the molecule is CC(=O)NCC(=O)N[C@@H]1C[C@@H](Oc2cccc(C(F)(F)F)c2)[C@H](O)[C@H]1N(C)Cc1ccccc1. The standard InChI is InChI=1S/C24H28F3N3O4/c1-15(31)28-13-21(32)29-19-12-20(34-18-10-6-9-17(11-18)24(25,26)27)23(33)22(19)30(2)14-16-7-4-3-5-8-16/h3-11,19-20,22-23,33H,12-14H2,1-2H3,(H,28,31)(H,29,32)/t19-,20-,22+,23+/m1/s1. The minimum atomic E-state index is -4.52. The number of hydrogen-bond donors (Lipinski definition) is 3. The molecule has 0 unspecified atom stereocenters. The number of aliphatic hydroxyl groups excluding tert-OH is 1. The molecular weight excluding hydrogens is 451 g/mol. The molecule has 0 spiro atoms. The lowest BCUT2D eigenvalue weighted by Crippen LogP contribution is -2.53. The zero-order chi connectivity index (χ0) is 24.9. The van der Waals surface area contributed by atoms with Crippen LogP contribution in [0.3, 0.4) is 0 Å². The molecule has 1 fully saturated rings. The van der Waals surface area contributed by atoms with E-state index in [0.29, 0.717) is 6.54 Å². The van der Waals surface area contributed by atoms with E-state index in [1.54, 1.807) is 7.05 Å². The van der Waals surface area contributed by atoms with Crippen molar-refractivity contribution < 1.29 is 32.6 Å². The average molecular weight is 479 g/mol. The number of ether oxygens (including phenoxy) is 1. The summed E-state index contributed by atoms with van der Waals surface area (Å²) in [6.07, 6.45) is -6.29. The number of aliphatic hydroxyl groups is 1. The van der Waals surface area contributed by atoms with E-state index in [4.69, 9.17) is 4.74 Å². The van der Waals surface area contributed by atoms with E-state index in [9.17, 15) is 27.9 Å². The van der Waals surface area contributed by atoms with Crippen molar-refractivity contribution >= 4 is 11.8 Å². The third-order valence-electron chi connectivity index (χ3n) is 5.71. The second-order valence-corrected chi connectivity index (χ2v) is 8.38. The van der Waals surface area contributed by atoms with Crippen LogP contribution in [0.1, 0.15) is 24.5 Å². The van der Waals surface area contributed by atoms with Gasteiger partial charge in [-0.1, -0.05) is 36.4 Å². The van der Waals surface area contributed by atoms with Gasteiger partial charge in [0, 0.05) is 19.9 Å². The first-order valence-corrected chi connectivity index (χ1v) is 10.8. The van der Waals surface area contributed by atoms with Gasteiger partial charge in [-0.05, 0) is 30.8 Å². The van der Waals surface area contributed by atoms with E-state index >= 15 is 0 Å². The minimum absolute atomic E-state index is 0.0199. The number of carbonyl (C=O) groups excluding carboxylic acids is 2. The van der Waals surface area contributed by atoms with Crippen LogP contribution in [0, 0.1) is 0 Å². The van der Waals surface area contributed by atoms with Crippen LogP contribution in [0.2, 0.25) is 0 Å². The van der Waals surface area contributed by atoms with Gasteiger partial charge in [-0.3, -0.25) is 14.5 Å². The largest absolute Gasteiger partial charge is 0.488 e. The summed E-state index contributed by atoms with van der Waals surface area (Å²) in [6.45, 7) is 1.54. The summed E-state index contributed by atoms with van der Waals surface area (Å²) in [5.41, 5.74) is 0.137. The van der Waals surface area contributed by atoms with Crippen molar-refractivity contribution in [2.75, 3.05) is 13.6 Å². The summed E-state index contributed by atoms with van der Waals surface area (Å²) < 4.78 is 45.0. The summed E-state index contributed by atoms with van der Waals surface area (Å²) in [5, 5.41) is 16.3. The van der Waals surface area contributed by atoms with E-state index in [2.05, 4.69) is 10.6 Å². The molecule has 2 aromatic carbocycles. The predicted octanol–water partition coefficient (Wildman–Crippen LogP) is 2.34. The van der Waals surface area contributed by atoms with E-state index in [1.807, 2.05) is 35.2 Å². The Labute approximate surface area is 195 Å². The first-order valence-electron chi connectivity index (χ1n) is 10.8. The Bertz CT molecular complexity index is 987. The van der Waals surface area contributed by atoms with Crippen molar-refractivity contribution in [1.82, 2.24) is 15.5 Å². The number of hydrogen-bond acceptors (Lipinski definition) is 5. The molecule has 1 aliphatic carbocycles. The number of rotatable bonds is 8. The fourth-order valence-electron chi connectivity index (χ4n) is 4.18. The molecule has 0 heterocycles. The van der Waals surface area contributed by atoms with Crippen molar-refractivity contribution in [2.45, 2.75) is 50.4 Å². The number of nitrogens with one attached hydrogen (secondary N) is 2. The van der Waals surface area contributed by atoms with Crippen LogP contribution in [-0.4, -0.2) is 59.7 Å². The Kier molecular flexibility index (Phi) is 8.16. The molecule has 0 aliphatic heterocycles. The van der Waals surface area contributed by atoms with Crippen LogP contribution in [0.25, 0.3) is 0 Å². The van der Waals surface area contributed by atoms with Crippen molar-refractivity contribution in [1.29, 1.82) is 0 Å². The third-order valence-corrected chi connectivity index (χ3v) is 5.71. The van der Waals surface area contributed by atoms with Crippen LogP contribution in [-0.2, 0) is 22.3 Å². The van der Waals surface area contributed by atoms with Gasteiger partial charge >= 0.3 is 6.18 Å². The van der Waals surface area contributed by atoms with Crippen molar-refractivity contribution in [3.63, 3.8) is 0 Å². The molecule has 3 N–H and O–H groups in total. The van der Waals surface area contributed by atoms with Crippen LogP contribution in [0.4, 0.5) is 13.2 Å². The third kappa shape index (κ3) is 6.71. The molecule has 2 amide bonds. The smallest absolute Gasteiger partial charge is 0.416 e. The van der Waals surface area contributed by atoms with E-state index in [-0.39, 0.29) is 24.6 Å². The fourth-order valence-corrected chi connectivity index (χ4v) is 4.18. The first-order chi connectivity index (χ1) is 16.0. The van der Waals surface area contributed by atoms with E-state index in [0.717, 1.165) is 17.7 Å². The molecule has 3 rings (SSSR count). The molecule has 0 aromatic heterocycles. The van der Waals surface area contributed by atoms with E-state index < -0.39 is 41.9 Å². The molecule has 34 heavy (non-hydrogen) atoms. The normalized spacial score (nSPS) is 22.4. The predicted molar refractivity (Wildman–Crippen MR) is 119 cm³/mol. The zero-order valence-corrected chi connectivity index (χ0v) is 18.9. The van der Waals surface area contributed by atoms with Gasteiger partial charge in [0.25, 0.3) is 0 Å². The van der Waals surface area contributed by atoms with Crippen LogP contribution in [0.5, 0.6) is 5.75 Å². The maximum Gasteiger partial charge on any atom is 0.416 e. The topological polar surface area (TPSA) is 90.9 Å². The van der Waals surface area contributed by atoms with Gasteiger partial charge in [0.15, 0.2) is 0 Å². The number of alkyl halides is 3. The lowest BCUT2D eigenvalue weighted by atomic mass is 10.1. The first kappa shape index (κ1) is 25.5. The number of nitrogens with zero attached hydrogens (tertiary/aromatic N) is 1. The van der Waals surface area contributed by atoms with E-state index in [1.165, 1.54) is 19.1 Å². The Morgan fingerprint density at radius 3 is 2.50 bits per heavy atom. The van der Waals surface area contributed by atoms with Crippen molar-refractivity contribution in [2.24, 2.45) is 0 Å². The molecule has 4 atom stereocenters. The monoisotopic (exact) mass is 479 g/mol. The molecule has 0 saturated heterocycles. The highest BCUT2D eigenvalue weighted by Gasteiger charge is 2.46. The molecule has 184 valence electrons. The fraction of sp³-hybridized carbons (Fsp3) is 0.417. The van der Waals surface area contributed by atoms with Crippen LogP contribution < -0.4 is 15.4 Å². The second kappa shape index (κ2) is 10.9. The molecule has 0 bridgehead atoms. The number of likely N-dealkylation sites (N-methyl/N-ethyl adjacent to an activating group) is 1. The molecular formula is C24H28F3N3O4. The Hall–Kier alpha value is -3.11. The molecule has 0 radical (unpaired) electrons. The maximum absolute atomic E-state index is 13.1. The van der Waals surface area contributed by atoms with Crippen LogP contribution >= 0.6 is 0 Å².